The fourth-order valence-corrected chi connectivity index (χ4v) is 2.58. The molecule has 0 unspecified atom stereocenters. The summed E-state index contributed by atoms with van der Waals surface area (Å²) in [7, 11) is 0. The number of hydrogen-bond donors (Lipinski definition) is 2. The summed E-state index contributed by atoms with van der Waals surface area (Å²) < 4.78 is 23.6. The molecule has 0 spiro atoms. The van der Waals surface area contributed by atoms with E-state index in [-0.39, 0.29) is 30.7 Å². The van der Waals surface area contributed by atoms with Gasteiger partial charge in [-0.05, 0) is 42.3 Å². The Labute approximate surface area is 154 Å². The summed E-state index contributed by atoms with van der Waals surface area (Å²) in [5.41, 5.74) is 1.30. The number of anilines is 1. The lowest BCUT2D eigenvalue weighted by atomic mass is 10.1. The predicted molar refractivity (Wildman–Crippen MR) is 93.9 cm³/mol. The van der Waals surface area contributed by atoms with E-state index >= 15 is 0 Å². The van der Waals surface area contributed by atoms with Gasteiger partial charge < -0.3 is 20.1 Å². The maximum absolute atomic E-state index is 13.1. The molecule has 0 atom stereocenters. The molecule has 2 aromatic rings. The number of hydrogen-bond acceptors (Lipinski definition) is 4. The molecule has 136 valence electrons. The number of halogens is 2. The molecule has 26 heavy (non-hydrogen) atoms. The normalized spacial score (nSPS) is 11.9. The summed E-state index contributed by atoms with van der Waals surface area (Å²) in [5, 5.41) is 4.98. The highest BCUT2D eigenvalue weighted by Crippen LogP contribution is 2.32. The Morgan fingerprint density at radius 3 is 2.69 bits per heavy atom. The summed E-state index contributed by atoms with van der Waals surface area (Å²) in [5.74, 6) is 0.108. The van der Waals surface area contributed by atoms with Gasteiger partial charge in [0.05, 0.1) is 11.6 Å². The molecular formula is C18H16ClFN2O4. The SMILES string of the molecule is O=C(CCc1ccc2c(c1)OCO2)NCC(=O)Nc1ccc(F)c(Cl)c1. The first-order valence-electron chi connectivity index (χ1n) is 7.91. The van der Waals surface area contributed by atoms with Crippen LogP contribution in [0.2, 0.25) is 5.02 Å². The highest BCUT2D eigenvalue weighted by molar-refractivity contribution is 6.31. The molecule has 0 fully saturated rings. The number of aryl methyl sites for hydroxylation is 1. The van der Waals surface area contributed by atoms with Gasteiger partial charge in [0.25, 0.3) is 0 Å². The number of nitrogens with one attached hydrogen (secondary N) is 2. The smallest absolute Gasteiger partial charge is 0.243 e. The lowest BCUT2D eigenvalue weighted by Gasteiger charge is -2.08. The molecule has 0 saturated heterocycles. The Bertz CT molecular complexity index is 844. The van der Waals surface area contributed by atoms with Gasteiger partial charge in [-0.15, -0.1) is 0 Å². The van der Waals surface area contributed by atoms with Crippen LogP contribution in [0, 0.1) is 5.82 Å². The van der Waals surface area contributed by atoms with E-state index in [1.165, 1.54) is 12.1 Å². The van der Waals surface area contributed by atoms with E-state index in [1.807, 2.05) is 12.1 Å². The van der Waals surface area contributed by atoms with Gasteiger partial charge in [-0.2, -0.15) is 0 Å². The fraction of sp³-hybridized carbons (Fsp3) is 0.222. The van der Waals surface area contributed by atoms with Gasteiger partial charge in [0.2, 0.25) is 18.6 Å². The summed E-state index contributed by atoms with van der Waals surface area (Å²) in [6, 6.07) is 9.35. The third-order valence-corrected chi connectivity index (χ3v) is 4.02. The van der Waals surface area contributed by atoms with Gasteiger partial charge in [-0.3, -0.25) is 9.59 Å². The van der Waals surface area contributed by atoms with Crippen LogP contribution in [0.1, 0.15) is 12.0 Å². The van der Waals surface area contributed by atoms with Crippen molar-refractivity contribution in [2.24, 2.45) is 0 Å². The lowest BCUT2D eigenvalue weighted by molar-refractivity contribution is -0.124. The molecule has 1 aliphatic heterocycles. The maximum atomic E-state index is 13.1. The molecule has 2 aromatic carbocycles. The number of amides is 2. The number of carbonyl (C=O) groups is 2. The van der Waals surface area contributed by atoms with Gasteiger partial charge in [0.15, 0.2) is 11.5 Å². The van der Waals surface area contributed by atoms with Crippen molar-refractivity contribution in [3.63, 3.8) is 0 Å². The number of carbonyl (C=O) groups excluding carboxylic acids is 2. The van der Waals surface area contributed by atoms with Crippen LogP contribution in [0.25, 0.3) is 0 Å². The molecule has 0 bridgehead atoms. The Balaban J connectivity index is 1.42. The predicted octanol–water partition coefficient (Wildman–Crippen LogP) is 2.90. The average molecular weight is 379 g/mol. The molecule has 1 aliphatic rings. The number of ether oxygens (including phenoxy) is 2. The third kappa shape index (κ3) is 4.64. The van der Waals surface area contributed by atoms with Crippen LogP contribution in [0.3, 0.4) is 0 Å². The van der Waals surface area contributed by atoms with Crippen molar-refractivity contribution >= 4 is 29.1 Å². The van der Waals surface area contributed by atoms with Gasteiger partial charge in [-0.25, -0.2) is 4.39 Å². The summed E-state index contributed by atoms with van der Waals surface area (Å²) in [4.78, 5) is 23.7. The van der Waals surface area contributed by atoms with Crippen LogP contribution in [-0.4, -0.2) is 25.2 Å². The van der Waals surface area contributed by atoms with E-state index in [0.717, 1.165) is 11.6 Å². The van der Waals surface area contributed by atoms with E-state index in [2.05, 4.69) is 10.6 Å². The van der Waals surface area contributed by atoms with Crippen molar-refractivity contribution < 1.29 is 23.5 Å². The topological polar surface area (TPSA) is 76.7 Å². The molecule has 3 rings (SSSR count). The van der Waals surface area contributed by atoms with Crippen molar-refractivity contribution in [2.75, 3.05) is 18.7 Å². The first kappa shape index (κ1) is 18.0. The van der Waals surface area contributed by atoms with Crippen molar-refractivity contribution in [3.8, 4) is 11.5 Å². The highest BCUT2D eigenvalue weighted by atomic mass is 35.5. The first-order valence-corrected chi connectivity index (χ1v) is 8.29. The van der Waals surface area contributed by atoms with Crippen LogP contribution >= 0.6 is 11.6 Å². The van der Waals surface area contributed by atoms with Crippen molar-refractivity contribution in [2.45, 2.75) is 12.8 Å². The molecule has 0 aliphatic carbocycles. The van der Waals surface area contributed by atoms with E-state index in [9.17, 15) is 14.0 Å². The minimum Gasteiger partial charge on any atom is -0.454 e. The molecule has 1 heterocycles. The zero-order valence-corrected chi connectivity index (χ0v) is 14.4. The average Bonchev–Trinajstić information content (AvgIpc) is 3.09. The van der Waals surface area contributed by atoms with Crippen molar-refractivity contribution in [1.29, 1.82) is 0 Å². The second-order valence-corrected chi connectivity index (χ2v) is 6.05. The Hall–Kier alpha value is -2.80. The largest absolute Gasteiger partial charge is 0.454 e. The quantitative estimate of drug-likeness (QED) is 0.810. The molecule has 2 amide bonds. The zero-order chi connectivity index (χ0) is 18.5. The number of rotatable bonds is 6. The van der Waals surface area contributed by atoms with Crippen molar-refractivity contribution in [1.82, 2.24) is 5.32 Å². The van der Waals surface area contributed by atoms with Gasteiger partial charge in [0, 0.05) is 12.1 Å². The van der Waals surface area contributed by atoms with E-state index in [4.69, 9.17) is 21.1 Å². The Morgan fingerprint density at radius 2 is 1.88 bits per heavy atom. The second kappa shape index (κ2) is 8.05. The van der Waals surface area contributed by atoms with Gasteiger partial charge in [0.1, 0.15) is 5.82 Å². The Kier molecular flexibility index (Phi) is 5.58. The van der Waals surface area contributed by atoms with Crippen LogP contribution in [0.5, 0.6) is 11.5 Å². The summed E-state index contributed by atoms with van der Waals surface area (Å²) in [6.45, 7) is 0.0165. The van der Waals surface area contributed by atoms with Gasteiger partial charge >= 0.3 is 0 Å². The minimum absolute atomic E-state index is 0.0874. The van der Waals surface area contributed by atoms with E-state index in [1.54, 1.807) is 6.07 Å². The molecule has 6 nitrogen and oxygen atoms in total. The monoisotopic (exact) mass is 378 g/mol. The summed E-state index contributed by atoms with van der Waals surface area (Å²) in [6.07, 6.45) is 0.743. The molecular weight excluding hydrogens is 363 g/mol. The lowest BCUT2D eigenvalue weighted by Crippen LogP contribution is -2.32. The third-order valence-electron chi connectivity index (χ3n) is 3.73. The zero-order valence-electron chi connectivity index (χ0n) is 13.7. The fourth-order valence-electron chi connectivity index (χ4n) is 2.40. The molecule has 8 heteroatoms. The second-order valence-electron chi connectivity index (χ2n) is 5.64. The first-order chi connectivity index (χ1) is 12.5. The number of fused-ring (bicyclic) bond motifs is 1. The standard InChI is InChI=1S/C18H16ClFN2O4/c19-13-8-12(3-4-14(13)20)22-18(24)9-21-17(23)6-2-11-1-5-15-16(7-11)26-10-25-15/h1,3-5,7-8H,2,6,9-10H2,(H,21,23)(H,22,24). The van der Waals surface area contributed by atoms with Crippen LogP contribution < -0.4 is 20.1 Å². The minimum atomic E-state index is -0.568. The summed E-state index contributed by atoms with van der Waals surface area (Å²) >= 11 is 5.65. The van der Waals surface area contributed by atoms with Crippen molar-refractivity contribution in [3.05, 3.63) is 52.8 Å². The molecule has 0 saturated carbocycles. The molecule has 2 N–H and O–H groups in total. The van der Waals surface area contributed by atoms with Gasteiger partial charge in [-0.1, -0.05) is 17.7 Å². The van der Waals surface area contributed by atoms with Crippen LogP contribution in [-0.2, 0) is 16.0 Å². The maximum Gasteiger partial charge on any atom is 0.243 e. The van der Waals surface area contributed by atoms with E-state index in [0.29, 0.717) is 23.6 Å². The Morgan fingerprint density at radius 1 is 1.08 bits per heavy atom. The van der Waals surface area contributed by atoms with Crippen LogP contribution in [0.15, 0.2) is 36.4 Å². The number of benzene rings is 2. The van der Waals surface area contributed by atoms with Crippen LogP contribution in [0.4, 0.5) is 10.1 Å². The highest BCUT2D eigenvalue weighted by Gasteiger charge is 2.14. The molecule has 0 aromatic heterocycles. The molecule has 0 radical (unpaired) electrons. The van der Waals surface area contributed by atoms with E-state index < -0.39 is 11.7 Å².